The summed E-state index contributed by atoms with van der Waals surface area (Å²) >= 11 is 0. The predicted octanol–water partition coefficient (Wildman–Crippen LogP) is 2.32. The molecule has 0 amide bonds. The third-order valence-electron chi connectivity index (χ3n) is 3.02. The van der Waals surface area contributed by atoms with Gasteiger partial charge in [0.05, 0.1) is 6.61 Å². The van der Waals surface area contributed by atoms with Crippen LogP contribution in [0.4, 0.5) is 0 Å². The van der Waals surface area contributed by atoms with Crippen molar-refractivity contribution in [1.29, 1.82) is 0 Å². The van der Waals surface area contributed by atoms with E-state index in [2.05, 4.69) is 12.2 Å². The molecule has 0 spiro atoms. The van der Waals surface area contributed by atoms with Gasteiger partial charge in [-0.05, 0) is 31.7 Å². The van der Waals surface area contributed by atoms with Crippen LogP contribution in [0.2, 0.25) is 0 Å². The molecule has 0 aromatic heterocycles. The molecule has 1 aliphatic rings. The average molecular weight is 199 g/mol. The second kappa shape index (κ2) is 7.24. The van der Waals surface area contributed by atoms with Crippen molar-refractivity contribution in [2.24, 2.45) is 5.92 Å². The maximum absolute atomic E-state index is 9.15. The van der Waals surface area contributed by atoms with Crippen molar-refractivity contribution < 1.29 is 5.11 Å². The van der Waals surface area contributed by atoms with Gasteiger partial charge in [-0.2, -0.15) is 0 Å². The van der Waals surface area contributed by atoms with Crippen molar-refractivity contribution in [3.63, 3.8) is 0 Å². The molecule has 1 atom stereocenters. The highest BCUT2D eigenvalue weighted by Gasteiger charge is 2.21. The van der Waals surface area contributed by atoms with E-state index in [1.165, 1.54) is 38.5 Å². The zero-order chi connectivity index (χ0) is 10.2. The summed E-state index contributed by atoms with van der Waals surface area (Å²) in [6.45, 7) is 3.66. The molecule has 0 aliphatic heterocycles. The molecule has 1 fully saturated rings. The number of unbranched alkanes of at least 4 members (excludes halogenated alkanes) is 3. The molecular weight excluding hydrogens is 174 g/mol. The Kier molecular flexibility index (Phi) is 6.20. The fourth-order valence-electron chi connectivity index (χ4n) is 1.73. The topological polar surface area (TPSA) is 32.3 Å². The minimum Gasteiger partial charge on any atom is -0.395 e. The van der Waals surface area contributed by atoms with Crippen molar-refractivity contribution in [2.75, 3.05) is 13.2 Å². The number of aliphatic hydroxyl groups is 1. The predicted molar refractivity (Wildman–Crippen MR) is 60.4 cm³/mol. The normalized spacial score (nSPS) is 18.4. The number of hydrogen-bond acceptors (Lipinski definition) is 2. The van der Waals surface area contributed by atoms with Crippen LogP contribution in [0.1, 0.15) is 51.9 Å². The van der Waals surface area contributed by atoms with E-state index >= 15 is 0 Å². The van der Waals surface area contributed by atoms with Gasteiger partial charge >= 0.3 is 0 Å². The van der Waals surface area contributed by atoms with Crippen molar-refractivity contribution in [3.8, 4) is 0 Å². The van der Waals surface area contributed by atoms with Gasteiger partial charge in [-0.25, -0.2) is 0 Å². The fraction of sp³-hybridized carbons (Fsp3) is 1.00. The standard InChI is InChI=1S/C12H25NO/c1-2-3-4-5-6-12(10-14)13-9-11-7-8-11/h11-14H,2-10H2,1H3. The van der Waals surface area contributed by atoms with Crippen LogP contribution in [-0.4, -0.2) is 24.3 Å². The van der Waals surface area contributed by atoms with Gasteiger partial charge in [0.25, 0.3) is 0 Å². The van der Waals surface area contributed by atoms with E-state index in [0.29, 0.717) is 12.6 Å². The molecule has 1 unspecified atom stereocenters. The van der Waals surface area contributed by atoms with Gasteiger partial charge in [0.2, 0.25) is 0 Å². The van der Waals surface area contributed by atoms with E-state index in [1.54, 1.807) is 0 Å². The average Bonchev–Trinajstić information content (AvgIpc) is 3.01. The maximum atomic E-state index is 9.15. The van der Waals surface area contributed by atoms with Gasteiger partial charge in [0, 0.05) is 6.04 Å². The summed E-state index contributed by atoms with van der Waals surface area (Å²) in [6.07, 6.45) is 9.13. The zero-order valence-electron chi connectivity index (χ0n) is 9.47. The number of rotatable bonds is 9. The number of aliphatic hydroxyl groups excluding tert-OH is 1. The molecule has 0 aromatic rings. The van der Waals surface area contributed by atoms with Crippen LogP contribution < -0.4 is 5.32 Å². The lowest BCUT2D eigenvalue weighted by Crippen LogP contribution is -2.33. The molecule has 0 heterocycles. The summed E-state index contributed by atoms with van der Waals surface area (Å²) in [5.74, 6) is 0.916. The Balaban J connectivity index is 1.93. The Labute approximate surface area is 88.1 Å². The Hall–Kier alpha value is -0.0800. The van der Waals surface area contributed by atoms with Gasteiger partial charge in [-0.1, -0.05) is 32.6 Å². The lowest BCUT2D eigenvalue weighted by molar-refractivity contribution is 0.231. The summed E-state index contributed by atoms with van der Waals surface area (Å²) in [6, 6.07) is 0.354. The van der Waals surface area contributed by atoms with Crippen LogP contribution in [0.5, 0.6) is 0 Å². The van der Waals surface area contributed by atoms with E-state index < -0.39 is 0 Å². The molecule has 0 bridgehead atoms. The molecule has 1 saturated carbocycles. The van der Waals surface area contributed by atoms with E-state index in [0.717, 1.165) is 18.9 Å². The molecular formula is C12H25NO. The summed E-state index contributed by atoms with van der Waals surface area (Å²) < 4.78 is 0. The second-order valence-electron chi connectivity index (χ2n) is 4.58. The van der Waals surface area contributed by atoms with Crippen LogP contribution in [0.25, 0.3) is 0 Å². The van der Waals surface area contributed by atoms with Crippen molar-refractivity contribution >= 4 is 0 Å². The molecule has 2 heteroatoms. The number of nitrogens with one attached hydrogen (secondary N) is 1. The van der Waals surface area contributed by atoms with Crippen molar-refractivity contribution in [2.45, 2.75) is 57.9 Å². The van der Waals surface area contributed by atoms with Gasteiger partial charge < -0.3 is 10.4 Å². The molecule has 1 aliphatic carbocycles. The van der Waals surface area contributed by atoms with Gasteiger partial charge in [-0.15, -0.1) is 0 Å². The SMILES string of the molecule is CCCCCCC(CO)NCC1CC1. The molecule has 0 aromatic carbocycles. The molecule has 84 valence electrons. The minimum absolute atomic E-state index is 0.304. The minimum atomic E-state index is 0.304. The second-order valence-corrected chi connectivity index (χ2v) is 4.58. The lowest BCUT2D eigenvalue weighted by Gasteiger charge is -2.15. The Morgan fingerprint density at radius 1 is 1.29 bits per heavy atom. The van der Waals surface area contributed by atoms with Gasteiger partial charge in [0.15, 0.2) is 0 Å². The monoisotopic (exact) mass is 199 g/mol. The molecule has 2 nitrogen and oxygen atoms in total. The molecule has 1 rings (SSSR count). The van der Waals surface area contributed by atoms with E-state index in [4.69, 9.17) is 5.11 Å². The summed E-state index contributed by atoms with van der Waals surface area (Å²) in [4.78, 5) is 0. The van der Waals surface area contributed by atoms with Crippen LogP contribution in [0.3, 0.4) is 0 Å². The molecule has 0 radical (unpaired) electrons. The van der Waals surface area contributed by atoms with Crippen LogP contribution in [-0.2, 0) is 0 Å². The van der Waals surface area contributed by atoms with Crippen LogP contribution in [0, 0.1) is 5.92 Å². The van der Waals surface area contributed by atoms with E-state index in [9.17, 15) is 0 Å². The first-order chi connectivity index (χ1) is 6.86. The van der Waals surface area contributed by atoms with Crippen LogP contribution in [0.15, 0.2) is 0 Å². The quantitative estimate of drug-likeness (QED) is 0.559. The van der Waals surface area contributed by atoms with E-state index in [1.807, 2.05) is 0 Å². The first kappa shape index (κ1) is 12.0. The highest BCUT2D eigenvalue weighted by molar-refractivity contribution is 4.77. The summed E-state index contributed by atoms with van der Waals surface area (Å²) in [7, 11) is 0. The highest BCUT2D eigenvalue weighted by atomic mass is 16.3. The Morgan fingerprint density at radius 2 is 2.07 bits per heavy atom. The summed E-state index contributed by atoms with van der Waals surface area (Å²) in [5, 5.41) is 12.6. The molecule has 2 N–H and O–H groups in total. The third-order valence-corrected chi connectivity index (χ3v) is 3.02. The van der Waals surface area contributed by atoms with Gasteiger partial charge in [-0.3, -0.25) is 0 Å². The van der Waals surface area contributed by atoms with Crippen molar-refractivity contribution in [3.05, 3.63) is 0 Å². The van der Waals surface area contributed by atoms with E-state index in [-0.39, 0.29) is 0 Å². The van der Waals surface area contributed by atoms with Crippen LogP contribution >= 0.6 is 0 Å². The third kappa shape index (κ3) is 5.61. The first-order valence-corrected chi connectivity index (χ1v) is 6.21. The largest absolute Gasteiger partial charge is 0.395 e. The highest BCUT2D eigenvalue weighted by Crippen LogP contribution is 2.27. The van der Waals surface area contributed by atoms with Crippen molar-refractivity contribution in [1.82, 2.24) is 5.32 Å². The maximum Gasteiger partial charge on any atom is 0.0584 e. The van der Waals surface area contributed by atoms with Gasteiger partial charge in [0.1, 0.15) is 0 Å². The smallest absolute Gasteiger partial charge is 0.0584 e. The fourth-order valence-corrected chi connectivity index (χ4v) is 1.73. The first-order valence-electron chi connectivity index (χ1n) is 6.21. The Morgan fingerprint density at radius 3 is 2.64 bits per heavy atom. The lowest BCUT2D eigenvalue weighted by atomic mass is 10.1. The molecule has 0 saturated heterocycles. The summed E-state index contributed by atoms with van der Waals surface area (Å²) in [5.41, 5.74) is 0. The molecule has 14 heavy (non-hydrogen) atoms. The zero-order valence-corrected chi connectivity index (χ0v) is 9.47. The Bertz CT molecular complexity index is 134. The number of hydrogen-bond donors (Lipinski definition) is 2.